The molecule has 2 rings (SSSR count). The quantitative estimate of drug-likeness (QED) is 0.923. The van der Waals surface area contributed by atoms with Gasteiger partial charge in [0.15, 0.2) is 5.75 Å². The van der Waals surface area contributed by atoms with Crippen molar-refractivity contribution in [3.63, 3.8) is 0 Å². The molecule has 0 aliphatic rings. The Balaban J connectivity index is 2.06. The van der Waals surface area contributed by atoms with Gasteiger partial charge >= 0.3 is 0 Å². The summed E-state index contributed by atoms with van der Waals surface area (Å²) in [5, 5.41) is 7.40. The van der Waals surface area contributed by atoms with E-state index in [2.05, 4.69) is 33.3 Å². The topological polar surface area (TPSA) is 39.1 Å². The Hall–Kier alpha value is -1.33. The van der Waals surface area contributed by atoms with Gasteiger partial charge in [-0.3, -0.25) is 0 Å². The summed E-state index contributed by atoms with van der Waals surface area (Å²) >= 11 is 3.44. The van der Waals surface area contributed by atoms with Crippen LogP contribution in [0.5, 0.6) is 5.75 Å². The predicted octanol–water partition coefficient (Wildman–Crippen LogP) is 2.62. The Morgan fingerprint density at radius 3 is 3.06 bits per heavy atom. The molecule has 0 radical (unpaired) electrons. The van der Waals surface area contributed by atoms with Crippen LogP contribution in [-0.4, -0.2) is 29.5 Å². The Kier molecular flexibility index (Phi) is 4.38. The number of hydrogen-bond acceptors (Lipinski definition) is 3. The lowest BCUT2D eigenvalue weighted by molar-refractivity contribution is 0.280. The number of nitrogens with one attached hydrogen (secondary N) is 1. The van der Waals surface area contributed by atoms with Gasteiger partial charge in [-0.05, 0) is 32.2 Å². The molecule has 0 spiro atoms. The number of aromatic nitrogens is 2. The fourth-order valence-electron chi connectivity index (χ4n) is 1.45. The fourth-order valence-corrected chi connectivity index (χ4v) is 1.83. The lowest BCUT2D eigenvalue weighted by Crippen LogP contribution is -2.28. The van der Waals surface area contributed by atoms with Gasteiger partial charge in [0.1, 0.15) is 6.61 Å². The highest BCUT2D eigenvalue weighted by Crippen LogP contribution is 2.17. The van der Waals surface area contributed by atoms with Crippen molar-refractivity contribution in [2.45, 2.75) is 13.0 Å². The first-order chi connectivity index (χ1) is 8.69. The molecule has 1 unspecified atom stereocenters. The van der Waals surface area contributed by atoms with Crippen LogP contribution in [0.15, 0.2) is 41.1 Å². The van der Waals surface area contributed by atoms with Crippen LogP contribution in [0.1, 0.15) is 6.92 Å². The molecule has 1 aromatic carbocycles. The summed E-state index contributed by atoms with van der Waals surface area (Å²) in [7, 11) is 1.92. The minimum absolute atomic E-state index is 0.319. The molecule has 0 fully saturated rings. The molecule has 1 heterocycles. The summed E-state index contributed by atoms with van der Waals surface area (Å²) in [6.45, 7) is 2.69. The standard InChI is InChI=1S/C13H16BrN3O/c1-10(15-2)9-18-13-7-16-17(8-13)12-5-3-4-11(14)6-12/h3-8,10,15H,9H2,1-2H3. The van der Waals surface area contributed by atoms with Gasteiger partial charge < -0.3 is 10.1 Å². The zero-order chi connectivity index (χ0) is 13.0. The minimum Gasteiger partial charge on any atom is -0.489 e. The molecule has 4 nitrogen and oxygen atoms in total. The highest BCUT2D eigenvalue weighted by molar-refractivity contribution is 9.10. The highest BCUT2D eigenvalue weighted by atomic mass is 79.9. The Morgan fingerprint density at radius 1 is 1.50 bits per heavy atom. The number of halogens is 1. The molecule has 2 aromatic rings. The van der Waals surface area contributed by atoms with Crippen molar-refractivity contribution in [2.75, 3.05) is 13.7 Å². The van der Waals surface area contributed by atoms with Crippen LogP contribution in [0.4, 0.5) is 0 Å². The number of likely N-dealkylation sites (N-methyl/N-ethyl adjacent to an activating group) is 1. The van der Waals surface area contributed by atoms with Crippen molar-refractivity contribution < 1.29 is 4.74 Å². The molecule has 0 aliphatic carbocycles. The largest absolute Gasteiger partial charge is 0.489 e. The predicted molar refractivity (Wildman–Crippen MR) is 75.3 cm³/mol. The number of hydrogen-bond donors (Lipinski definition) is 1. The van der Waals surface area contributed by atoms with Gasteiger partial charge in [0.2, 0.25) is 0 Å². The van der Waals surface area contributed by atoms with Gasteiger partial charge in [-0.2, -0.15) is 5.10 Å². The molecule has 0 saturated carbocycles. The van der Waals surface area contributed by atoms with E-state index in [1.807, 2.05) is 37.5 Å². The third-order valence-corrected chi connectivity index (χ3v) is 3.12. The molecule has 1 N–H and O–H groups in total. The molecule has 1 aromatic heterocycles. The average Bonchev–Trinajstić information content (AvgIpc) is 2.84. The Morgan fingerprint density at radius 2 is 2.33 bits per heavy atom. The van der Waals surface area contributed by atoms with Gasteiger partial charge in [0, 0.05) is 10.5 Å². The first kappa shape index (κ1) is 13.1. The first-order valence-corrected chi connectivity index (χ1v) is 6.59. The summed E-state index contributed by atoms with van der Waals surface area (Å²) in [5.41, 5.74) is 1.00. The van der Waals surface area contributed by atoms with Crippen LogP contribution in [-0.2, 0) is 0 Å². The first-order valence-electron chi connectivity index (χ1n) is 5.79. The van der Waals surface area contributed by atoms with Crippen LogP contribution in [0.2, 0.25) is 0 Å². The molecule has 96 valence electrons. The van der Waals surface area contributed by atoms with Crippen molar-refractivity contribution in [3.05, 3.63) is 41.1 Å². The smallest absolute Gasteiger partial charge is 0.157 e. The highest BCUT2D eigenvalue weighted by Gasteiger charge is 2.04. The summed E-state index contributed by atoms with van der Waals surface area (Å²) < 4.78 is 8.46. The van der Waals surface area contributed by atoms with Gasteiger partial charge in [-0.1, -0.05) is 22.0 Å². The summed E-state index contributed by atoms with van der Waals surface area (Å²) in [4.78, 5) is 0. The Bertz CT molecular complexity index is 512. The van der Waals surface area contributed by atoms with Crippen LogP contribution in [0, 0.1) is 0 Å². The summed E-state index contributed by atoms with van der Waals surface area (Å²) in [6, 6.07) is 8.29. The molecule has 1 atom stereocenters. The van der Waals surface area contributed by atoms with Gasteiger partial charge in [0.05, 0.1) is 18.1 Å². The van der Waals surface area contributed by atoms with E-state index in [0.29, 0.717) is 12.6 Å². The number of nitrogens with zero attached hydrogens (tertiary/aromatic N) is 2. The molecule has 0 aliphatic heterocycles. The number of ether oxygens (including phenoxy) is 1. The summed E-state index contributed by atoms with van der Waals surface area (Å²) in [6.07, 6.45) is 3.60. The van der Waals surface area contributed by atoms with Gasteiger partial charge in [-0.15, -0.1) is 0 Å². The third-order valence-electron chi connectivity index (χ3n) is 2.62. The van der Waals surface area contributed by atoms with E-state index in [4.69, 9.17) is 4.74 Å². The van der Waals surface area contributed by atoms with Crippen LogP contribution in [0.25, 0.3) is 5.69 Å². The lowest BCUT2D eigenvalue weighted by Gasteiger charge is -2.09. The van der Waals surface area contributed by atoms with Crippen molar-refractivity contribution in [1.82, 2.24) is 15.1 Å². The van der Waals surface area contributed by atoms with E-state index >= 15 is 0 Å². The maximum Gasteiger partial charge on any atom is 0.157 e. The van der Waals surface area contributed by atoms with Crippen molar-refractivity contribution in [3.8, 4) is 11.4 Å². The zero-order valence-corrected chi connectivity index (χ0v) is 12.0. The molecular weight excluding hydrogens is 294 g/mol. The van der Waals surface area contributed by atoms with Crippen molar-refractivity contribution >= 4 is 15.9 Å². The van der Waals surface area contributed by atoms with E-state index in [-0.39, 0.29) is 0 Å². The maximum absolute atomic E-state index is 5.63. The molecule has 18 heavy (non-hydrogen) atoms. The van der Waals surface area contributed by atoms with Crippen LogP contribution < -0.4 is 10.1 Å². The SMILES string of the molecule is CNC(C)COc1cnn(-c2cccc(Br)c2)c1. The molecule has 5 heteroatoms. The van der Waals surface area contributed by atoms with E-state index in [9.17, 15) is 0 Å². The second-order valence-electron chi connectivity index (χ2n) is 4.10. The van der Waals surface area contributed by atoms with Crippen LogP contribution >= 0.6 is 15.9 Å². The van der Waals surface area contributed by atoms with Crippen LogP contribution in [0.3, 0.4) is 0 Å². The Labute approximate surface area is 115 Å². The van der Waals surface area contributed by atoms with Crippen molar-refractivity contribution in [2.24, 2.45) is 0 Å². The monoisotopic (exact) mass is 309 g/mol. The number of rotatable bonds is 5. The second-order valence-corrected chi connectivity index (χ2v) is 5.02. The zero-order valence-electron chi connectivity index (χ0n) is 10.4. The van der Waals surface area contributed by atoms with E-state index < -0.39 is 0 Å². The van der Waals surface area contributed by atoms with E-state index in [1.54, 1.807) is 10.9 Å². The molecule has 0 amide bonds. The van der Waals surface area contributed by atoms with E-state index in [1.165, 1.54) is 0 Å². The fraction of sp³-hybridized carbons (Fsp3) is 0.308. The third kappa shape index (κ3) is 3.34. The molecule has 0 saturated heterocycles. The van der Waals surface area contributed by atoms with E-state index in [0.717, 1.165) is 15.9 Å². The number of benzene rings is 1. The molecular formula is C13H16BrN3O. The normalized spacial score (nSPS) is 12.4. The molecule has 0 bridgehead atoms. The second kappa shape index (κ2) is 6.02. The van der Waals surface area contributed by atoms with Gasteiger partial charge in [-0.25, -0.2) is 4.68 Å². The van der Waals surface area contributed by atoms with Gasteiger partial charge in [0.25, 0.3) is 0 Å². The summed E-state index contributed by atoms with van der Waals surface area (Å²) in [5.74, 6) is 0.775. The average molecular weight is 310 g/mol. The maximum atomic E-state index is 5.63. The lowest BCUT2D eigenvalue weighted by atomic mass is 10.3. The van der Waals surface area contributed by atoms with Crippen molar-refractivity contribution in [1.29, 1.82) is 0 Å². The minimum atomic E-state index is 0.319.